The number of nitrogens with two attached hydrogens (primary N) is 1. The molecule has 2 aromatic carbocycles. The zero-order chi connectivity index (χ0) is 27.4. The van der Waals surface area contributed by atoms with Crippen molar-refractivity contribution in [2.75, 3.05) is 17.6 Å². The van der Waals surface area contributed by atoms with E-state index in [0.29, 0.717) is 16.3 Å². The van der Waals surface area contributed by atoms with Crippen molar-refractivity contribution in [3.63, 3.8) is 0 Å². The number of carbonyl (C=O) groups is 5. The van der Waals surface area contributed by atoms with Gasteiger partial charge in [0.15, 0.2) is 0 Å². The number of benzene rings is 2. The second-order valence-electron chi connectivity index (χ2n) is 7.51. The Kier molecular flexibility index (Phi) is 12.4. The summed E-state index contributed by atoms with van der Waals surface area (Å²) < 4.78 is 0.730. The van der Waals surface area contributed by atoms with Gasteiger partial charge in [-0.25, -0.2) is 0 Å². The fourth-order valence-corrected chi connectivity index (χ4v) is 7.18. The first-order valence-electron chi connectivity index (χ1n) is 10.8. The van der Waals surface area contributed by atoms with Crippen molar-refractivity contribution < 1.29 is 34.2 Å². The van der Waals surface area contributed by atoms with E-state index in [-0.39, 0.29) is 38.3 Å². The molecule has 0 fully saturated rings. The third-order valence-electron chi connectivity index (χ3n) is 4.70. The van der Waals surface area contributed by atoms with E-state index in [4.69, 9.17) is 27.5 Å². The van der Waals surface area contributed by atoms with E-state index in [0.717, 1.165) is 4.46 Å². The molecule has 3 amide bonds. The topological polar surface area (TPSA) is 188 Å². The molecule has 2 aromatic rings. The molecule has 0 aliphatic heterocycles. The van der Waals surface area contributed by atoms with Crippen molar-refractivity contribution in [2.45, 2.75) is 24.9 Å². The molecule has 37 heavy (non-hydrogen) atoms. The summed E-state index contributed by atoms with van der Waals surface area (Å²) in [4.78, 5) is 59.3. The summed E-state index contributed by atoms with van der Waals surface area (Å²) in [6, 6.07) is 11.4. The molecule has 0 aromatic heterocycles. The maximum absolute atomic E-state index is 12.9. The molecular formula is C23H25ClN4O7SSe. The summed E-state index contributed by atoms with van der Waals surface area (Å²) >= 11 is 5.76. The van der Waals surface area contributed by atoms with Crippen LogP contribution < -0.4 is 26.1 Å². The van der Waals surface area contributed by atoms with Crippen LogP contribution in [0.3, 0.4) is 0 Å². The first-order chi connectivity index (χ1) is 17.6. The number of carboxylic acid groups (broad SMARTS) is 2. The number of para-hydroxylation sites is 1. The first kappa shape index (κ1) is 30.1. The Balaban J connectivity index is 2.04. The normalized spacial score (nSPS) is 12.2. The molecule has 0 radical (unpaired) electrons. The van der Waals surface area contributed by atoms with Crippen LogP contribution in [-0.2, 0) is 19.2 Å². The molecule has 198 valence electrons. The second kappa shape index (κ2) is 15.2. The first-order valence-corrected chi connectivity index (χ1v) is 15.0. The third-order valence-corrected chi connectivity index (χ3v) is 9.27. The van der Waals surface area contributed by atoms with Crippen LogP contribution in [0.5, 0.6) is 0 Å². The number of aliphatic carboxylic acids is 2. The molecule has 0 heterocycles. The third kappa shape index (κ3) is 10.4. The number of halogens is 1. The number of rotatable bonds is 14. The van der Waals surface area contributed by atoms with E-state index in [2.05, 4.69) is 16.0 Å². The van der Waals surface area contributed by atoms with Crippen molar-refractivity contribution >= 4 is 75.4 Å². The van der Waals surface area contributed by atoms with Crippen molar-refractivity contribution in [3.8, 4) is 0 Å². The van der Waals surface area contributed by atoms with Gasteiger partial charge in [-0.2, -0.15) is 0 Å². The zero-order valence-corrected chi connectivity index (χ0v) is 22.6. The van der Waals surface area contributed by atoms with Gasteiger partial charge in [-0.1, -0.05) is 0 Å². The summed E-state index contributed by atoms with van der Waals surface area (Å²) in [7, 11) is 1.30. The number of hydrogen-bond donors (Lipinski definition) is 6. The fraction of sp³-hybridized carbons (Fsp3) is 0.261. The van der Waals surface area contributed by atoms with Crippen LogP contribution in [0, 0.1) is 0 Å². The SMILES string of the molecule is N[C@H](CCC(=O)N[C@H](CS[Se]c1ccccc1C(=O)Nc1ccccc1Cl)C(=O)NCC(=O)O)C(=O)O. The molecule has 0 spiro atoms. The molecule has 0 saturated heterocycles. The van der Waals surface area contributed by atoms with Gasteiger partial charge in [0.1, 0.15) is 0 Å². The van der Waals surface area contributed by atoms with E-state index in [1.165, 1.54) is 10.2 Å². The van der Waals surface area contributed by atoms with Gasteiger partial charge in [-0.15, -0.1) is 0 Å². The molecule has 0 aliphatic carbocycles. The Morgan fingerprint density at radius 1 is 1.03 bits per heavy atom. The fourth-order valence-electron chi connectivity index (χ4n) is 2.79. The van der Waals surface area contributed by atoms with Crippen LogP contribution in [-0.4, -0.2) is 78.1 Å². The van der Waals surface area contributed by atoms with Crippen molar-refractivity contribution in [2.24, 2.45) is 5.73 Å². The quantitative estimate of drug-likeness (QED) is 0.164. The molecule has 0 aliphatic rings. The monoisotopic (exact) mass is 616 g/mol. The summed E-state index contributed by atoms with van der Waals surface area (Å²) in [5, 5.41) is 25.6. The van der Waals surface area contributed by atoms with Gasteiger partial charge >= 0.3 is 228 Å². The number of hydrogen-bond acceptors (Lipinski definition) is 7. The molecule has 0 saturated carbocycles. The molecule has 2 atom stereocenters. The van der Waals surface area contributed by atoms with E-state index in [1.54, 1.807) is 48.5 Å². The number of carbonyl (C=O) groups excluding carboxylic acids is 3. The second-order valence-corrected chi connectivity index (χ2v) is 12.1. The summed E-state index contributed by atoms with van der Waals surface area (Å²) in [5.74, 6) is -4.07. The van der Waals surface area contributed by atoms with E-state index < -0.39 is 42.4 Å². The Hall–Kier alpha value is -3.09. The van der Waals surface area contributed by atoms with Crippen LogP contribution in [0.1, 0.15) is 23.2 Å². The molecule has 0 bridgehead atoms. The predicted octanol–water partition coefficient (Wildman–Crippen LogP) is 0.448. The number of carboxylic acids is 2. The minimum absolute atomic E-state index is 0.0860. The van der Waals surface area contributed by atoms with Crippen LogP contribution in [0.15, 0.2) is 48.5 Å². The van der Waals surface area contributed by atoms with Crippen LogP contribution in [0.25, 0.3) is 0 Å². The Labute approximate surface area is 227 Å². The standard InChI is InChI=1S/C23H25ClN4O7SSe/c24-14-6-2-3-7-16(14)28-21(32)13-5-1-4-8-18(13)37-36-12-17(22(33)26-11-20(30)31)27-19(29)10-9-15(25)23(34)35/h1-8,15,17H,9-12,25H2,(H,26,33)(H,27,29)(H,28,32)(H,30,31)(H,34,35)/t15-,17-/m1/s1. The zero-order valence-electron chi connectivity index (χ0n) is 19.3. The van der Waals surface area contributed by atoms with E-state index in [1.807, 2.05) is 0 Å². The van der Waals surface area contributed by atoms with Crippen molar-refractivity contribution in [3.05, 3.63) is 59.1 Å². The van der Waals surface area contributed by atoms with Gasteiger partial charge in [-0.05, 0) is 0 Å². The van der Waals surface area contributed by atoms with Gasteiger partial charge in [0, 0.05) is 0 Å². The minimum atomic E-state index is -1.25. The van der Waals surface area contributed by atoms with Crippen LogP contribution in [0.4, 0.5) is 5.69 Å². The average Bonchev–Trinajstić information content (AvgIpc) is 2.86. The molecule has 14 heteroatoms. The number of amides is 3. The van der Waals surface area contributed by atoms with E-state index >= 15 is 0 Å². The van der Waals surface area contributed by atoms with Crippen LogP contribution >= 0.6 is 21.8 Å². The van der Waals surface area contributed by atoms with Gasteiger partial charge in [0.25, 0.3) is 0 Å². The number of nitrogens with one attached hydrogen (secondary N) is 3. The molecular weight excluding hydrogens is 591 g/mol. The van der Waals surface area contributed by atoms with Gasteiger partial charge in [0.2, 0.25) is 0 Å². The van der Waals surface area contributed by atoms with Gasteiger partial charge < -0.3 is 0 Å². The summed E-state index contributed by atoms with van der Waals surface area (Å²) in [6.45, 7) is -0.629. The maximum atomic E-state index is 12.9. The predicted molar refractivity (Wildman–Crippen MR) is 141 cm³/mol. The summed E-state index contributed by atoms with van der Waals surface area (Å²) in [6.07, 6.45) is -0.354. The molecule has 7 N–H and O–H groups in total. The molecule has 2 rings (SSSR count). The van der Waals surface area contributed by atoms with Crippen LogP contribution in [0.2, 0.25) is 5.02 Å². The Morgan fingerprint density at radius 2 is 1.70 bits per heavy atom. The Bertz CT molecular complexity index is 1150. The Morgan fingerprint density at radius 3 is 2.38 bits per heavy atom. The average molecular weight is 616 g/mol. The van der Waals surface area contributed by atoms with Gasteiger partial charge in [0.05, 0.1) is 0 Å². The van der Waals surface area contributed by atoms with Gasteiger partial charge in [-0.3, -0.25) is 0 Å². The number of anilines is 1. The molecule has 11 nitrogen and oxygen atoms in total. The summed E-state index contributed by atoms with van der Waals surface area (Å²) in [5.41, 5.74) is 6.30. The van der Waals surface area contributed by atoms with Crippen molar-refractivity contribution in [1.82, 2.24) is 10.6 Å². The molecule has 0 unspecified atom stereocenters. The van der Waals surface area contributed by atoms with E-state index in [9.17, 15) is 24.0 Å². The van der Waals surface area contributed by atoms with Crippen molar-refractivity contribution in [1.29, 1.82) is 0 Å².